The molecule has 2 saturated heterocycles. The maximum Gasteiger partial charge on any atom is 0.0645 e. The van der Waals surface area contributed by atoms with Crippen LogP contribution >= 0.6 is 12.6 Å². The van der Waals surface area contributed by atoms with Gasteiger partial charge >= 0.3 is 0 Å². The molecule has 2 rings (SSSR count). The van der Waals surface area contributed by atoms with Crippen molar-refractivity contribution in [2.45, 2.75) is 32.2 Å². The van der Waals surface area contributed by atoms with Crippen molar-refractivity contribution in [2.75, 3.05) is 45.3 Å². The molecule has 0 saturated carbocycles. The van der Waals surface area contributed by atoms with Crippen LogP contribution in [0.3, 0.4) is 0 Å². The molecule has 2 fully saturated rings. The standard InChI is InChI=1S/C13H25NO2S/c1-12(2)10-16-8-5-14(12)9-13(11-17)3-6-15-7-4-13/h17H,3-11H2,1-2H3. The molecule has 100 valence electrons. The molecule has 0 atom stereocenters. The third-order valence-electron chi connectivity index (χ3n) is 4.23. The second-order valence-electron chi connectivity index (χ2n) is 6.06. The van der Waals surface area contributed by atoms with Crippen LogP contribution in [0.1, 0.15) is 26.7 Å². The van der Waals surface area contributed by atoms with Crippen LogP contribution in [0.15, 0.2) is 0 Å². The average molecular weight is 259 g/mol. The Morgan fingerprint density at radius 2 is 1.82 bits per heavy atom. The normalized spacial score (nSPS) is 29.1. The molecule has 0 radical (unpaired) electrons. The summed E-state index contributed by atoms with van der Waals surface area (Å²) < 4.78 is 11.1. The highest BCUT2D eigenvalue weighted by molar-refractivity contribution is 7.80. The molecule has 0 aromatic carbocycles. The Balaban J connectivity index is 2.01. The Morgan fingerprint density at radius 1 is 1.12 bits per heavy atom. The fourth-order valence-corrected chi connectivity index (χ4v) is 3.18. The van der Waals surface area contributed by atoms with Gasteiger partial charge < -0.3 is 9.47 Å². The molecule has 17 heavy (non-hydrogen) atoms. The van der Waals surface area contributed by atoms with Crippen molar-refractivity contribution >= 4 is 12.6 Å². The Labute approximate surface area is 110 Å². The van der Waals surface area contributed by atoms with Gasteiger partial charge in [0.1, 0.15) is 0 Å². The third kappa shape index (κ3) is 3.16. The van der Waals surface area contributed by atoms with Crippen molar-refractivity contribution in [3.63, 3.8) is 0 Å². The predicted octanol–water partition coefficient (Wildman–Crippen LogP) is 1.82. The number of hydrogen-bond acceptors (Lipinski definition) is 4. The summed E-state index contributed by atoms with van der Waals surface area (Å²) in [5, 5.41) is 0. The Hall–Kier alpha value is 0.230. The van der Waals surface area contributed by atoms with Crippen LogP contribution in [0, 0.1) is 5.41 Å². The van der Waals surface area contributed by atoms with E-state index in [2.05, 4.69) is 31.4 Å². The van der Waals surface area contributed by atoms with Crippen LogP contribution in [0.25, 0.3) is 0 Å². The van der Waals surface area contributed by atoms with Gasteiger partial charge in [0.25, 0.3) is 0 Å². The van der Waals surface area contributed by atoms with E-state index in [9.17, 15) is 0 Å². The highest BCUT2D eigenvalue weighted by Gasteiger charge is 2.39. The minimum absolute atomic E-state index is 0.159. The van der Waals surface area contributed by atoms with Gasteiger partial charge in [-0.3, -0.25) is 4.90 Å². The smallest absolute Gasteiger partial charge is 0.0645 e. The zero-order valence-corrected chi connectivity index (χ0v) is 12.0. The molecule has 0 aromatic heterocycles. The SMILES string of the molecule is CC1(C)COCCN1CC1(CS)CCOCC1. The van der Waals surface area contributed by atoms with Crippen molar-refractivity contribution in [3.05, 3.63) is 0 Å². The minimum atomic E-state index is 0.159. The maximum atomic E-state index is 5.59. The topological polar surface area (TPSA) is 21.7 Å². The highest BCUT2D eigenvalue weighted by atomic mass is 32.1. The van der Waals surface area contributed by atoms with Crippen molar-refractivity contribution in [3.8, 4) is 0 Å². The minimum Gasteiger partial charge on any atom is -0.381 e. The lowest BCUT2D eigenvalue weighted by molar-refractivity contribution is -0.0801. The second-order valence-corrected chi connectivity index (χ2v) is 6.37. The first kappa shape index (κ1) is 13.7. The first-order valence-corrected chi connectivity index (χ1v) is 7.23. The van der Waals surface area contributed by atoms with Crippen molar-refractivity contribution in [1.29, 1.82) is 0 Å². The van der Waals surface area contributed by atoms with Crippen LogP contribution in [0.2, 0.25) is 0 Å². The van der Waals surface area contributed by atoms with Crippen molar-refractivity contribution < 1.29 is 9.47 Å². The maximum absolute atomic E-state index is 5.59. The monoisotopic (exact) mass is 259 g/mol. The summed E-state index contributed by atoms with van der Waals surface area (Å²) in [5.41, 5.74) is 0.502. The quantitative estimate of drug-likeness (QED) is 0.782. The lowest BCUT2D eigenvalue weighted by Gasteiger charge is -2.48. The molecule has 4 heteroatoms. The lowest BCUT2D eigenvalue weighted by atomic mass is 9.80. The lowest BCUT2D eigenvalue weighted by Crippen LogP contribution is -2.57. The van der Waals surface area contributed by atoms with Crippen molar-refractivity contribution in [1.82, 2.24) is 4.90 Å². The Bertz CT molecular complexity index is 252. The van der Waals surface area contributed by atoms with E-state index in [1.54, 1.807) is 0 Å². The molecule has 2 aliphatic rings. The van der Waals surface area contributed by atoms with E-state index in [4.69, 9.17) is 9.47 Å². The molecular weight excluding hydrogens is 234 g/mol. The van der Waals surface area contributed by atoms with Gasteiger partial charge in [0, 0.05) is 31.8 Å². The van der Waals surface area contributed by atoms with Gasteiger partial charge in [-0.1, -0.05) is 0 Å². The van der Waals surface area contributed by atoms with E-state index in [-0.39, 0.29) is 5.54 Å². The van der Waals surface area contributed by atoms with Crippen LogP contribution in [0.4, 0.5) is 0 Å². The van der Waals surface area contributed by atoms with E-state index in [1.807, 2.05) is 0 Å². The fourth-order valence-electron chi connectivity index (χ4n) is 2.76. The third-order valence-corrected chi connectivity index (χ3v) is 4.90. The summed E-state index contributed by atoms with van der Waals surface area (Å²) in [6.07, 6.45) is 2.29. The number of hydrogen-bond donors (Lipinski definition) is 1. The van der Waals surface area contributed by atoms with Gasteiger partial charge in [0.05, 0.1) is 13.2 Å². The molecular formula is C13H25NO2S. The van der Waals surface area contributed by atoms with Crippen LogP contribution in [-0.4, -0.2) is 55.7 Å². The molecule has 0 aromatic rings. The van der Waals surface area contributed by atoms with Gasteiger partial charge in [-0.15, -0.1) is 0 Å². The van der Waals surface area contributed by atoms with Gasteiger partial charge in [0.15, 0.2) is 0 Å². The fraction of sp³-hybridized carbons (Fsp3) is 1.00. The Morgan fingerprint density at radius 3 is 2.41 bits per heavy atom. The van der Waals surface area contributed by atoms with Gasteiger partial charge in [-0.05, 0) is 37.9 Å². The van der Waals surface area contributed by atoms with E-state index >= 15 is 0 Å². The van der Waals surface area contributed by atoms with E-state index in [0.29, 0.717) is 5.41 Å². The van der Waals surface area contributed by atoms with E-state index in [1.165, 1.54) is 0 Å². The zero-order valence-electron chi connectivity index (χ0n) is 11.1. The summed E-state index contributed by atoms with van der Waals surface area (Å²) in [7, 11) is 0. The van der Waals surface area contributed by atoms with Gasteiger partial charge in [-0.25, -0.2) is 0 Å². The van der Waals surface area contributed by atoms with E-state index in [0.717, 1.165) is 58.1 Å². The highest BCUT2D eigenvalue weighted by Crippen LogP contribution is 2.35. The first-order chi connectivity index (χ1) is 8.08. The van der Waals surface area contributed by atoms with Crippen molar-refractivity contribution in [2.24, 2.45) is 5.41 Å². The van der Waals surface area contributed by atoms with Gasteiger partial charge in [0.2, 0.25) is 0 Å². The zero-order chi connectivity index (χ0) is 12.4. The van der Waals surface area contributed by atoms with E-state index < -0.39 is 0 Å². The first-order valence-electron chi connectivity index (χ1n) is 6.59. The summed E-state index contributed by atoms with van der Waals surface area (Å²) in [4.78, 5) is 2.58. The second kappa shape index (κ2) is 5.47. The predicted molar refractivity (Wildman–Crippen MR) is 72.8 cm³/mol. The molecule has 3 nitrogen and oxygen atoms in total. The largest absolute Gasteiger partial charge is 0.381 e. The molecule has 0 amide bonds. The number of nitrogens with zero attached hydrogens (tertiary/aromatic N) is 1. The summed E-state index contributed by atoms with van der Waals surface area (Å²) in [6.45, 7) is 10.2. The summed E-state index contributed by atoms with van der Waals surface area (Å²) >= 11 is 4.59. The molecule has 2 aliphatic heterocycles. The number of rotatable bonds is 3. The Kier molecular flexibility index (Phi) is 4.40. The molecule has 0 bridgehead atoms. The van der Waals surface area contributed by atoms with Crippen LogP contribution < -0.4 is 0 Å². The molecule has 0 N–H and O–H groups in total. The summed E-state index contributed by atoms with van der Waals surface area (Å²) in [6, 6.07) is 0. The molecule has 0 spiro atoms. The molecule has 2 heterocycles. The van der Waals surface area contributed by atoms with Gasteiger partial charge in [-0.2, -0.15) is 12.6 Å². The number of thiol groups is 1. The number of morpholine rings is 1. The summed E-state index contributed by atoms with van der Waals surface area (Å²) in [5.74, 6) is 0.962. The molecule has 0 unspecified atom stereocenters. The molecule has 0 aliphatic carbocycles. The van der Waals surface area contributed by atoms with Crippen LogP contribution in [0.5, 0.6) is 0 Å². The average Bonchev–Trinajstić information content (AvgIpc) is 2.33. The number of ether oxygens (including phenoxy) is 2. The van der Waals surface area contributed by atoms with Crippen LogP contribution in [-0.2, 0) is 9.47 Å².